The van der Waals surface area contributed by atoms with E-state index in [0.29, 0.717) is 10.4 Å². The van der Waals surface area contributed by atoms with Gasteiger partial charge in [-0.1, -0.05) is 36.5 Å². The molecule has 0 aliphatic carbocycles. The van der Waals surface area contributed by atoms with Crippen LogP contribution in [0.1, 0.15) is 16.1 Å². The van der Waals surface area contributed by atoms with Crippen molar-refractivity contribution in [2.45, 2.75) is 0 Å². The molecule has 0 atom stereocenters. The number of furan rings is 1. The van der Waals surface area contributed by atoms with Gasteiger partial charge >= 0.3 is 0 Å². The van der Waals surface area contributed by atoms with Gasteiger partial charge in [0.1, 0.15) is 4.64 Å². The summed E-state index contributed by atoms with van der Waals surface area (Å²) in [4.78, 5) is 11.9. The molecule has 0 bridgehead atoms. The third-order valence-electron chi connectivity index (χ3n) is 3.19. The molecule has 2 aromatic heterocycles. The van der Waals surface area contributed by atoms with Crippen molar-refractivity contribution in [1.82, 2.24) is 4.57 Å². The highest BCUT2D eigenvalue weighted by molar-refractivity contribution is 7.71. The van der Waals surface area contributed by atoms with Crippen molar-refractivity contribution in [2.24, 2.45) is 0 Å². The van der Waals surface area contributed by atoms with E-state index >= 15 is 0 Å². The maximum Gasteiger partial charge on any atom is 0.221 e. The maximum atomic E-state index is 11.9. The van der Waals surface area contributed by atoms with Gasteiger partial charge in [0, 0.05) is 17.4 Å². The largest absolute Gasteiger partial charge is 0.461 e. The third kappa shape index (κ3) is 2.97. The summed E-state index contributed by atoms with van der Waals surface area (Å²) in [6, 6.07) is 16.9. The Morgan fingerprint density at radius 3 is 2.59 bits per heavy atom. The fraction of sp³-hybridized carbons (Fsp3) is 0. The summed E-state index contributed by atoms with van der Waals surface area (Å²) in [5, 5.41) is 0. The molecule has 0 saturated heterocycles. The van der Waals surface area contributed by atoms with Crippen LogP contribution in [-0.2, 0) is 0 Å². The molecule has 3 aromatic rings. The Balaban J connectivity index is 1.93. The quantitative estimate of drug-likeness (QED) is 0.398. The summed E-state index contributed by atoms with van der Waals surface area (Å²) in [7, 11) is 0. The van der Waals surface area contributed by atoms with Gasteiger partial charge in [-0.25, -0.2) is 0 Å². The molecule has 22 heavy (non-hydrogen) atoms. The molecule has 2 heterocycles. The summed E-state index contributed by atoms with van der Waals surface area (Å²) in [6.07, 6.45) is 6.57. The first-order chi connectivity index (χ1) is 10.8. The maximum absolute atomic E-state index is 11.9. The Kier molecular flexibility index (Phi) is 4.12. The summed E-state index contributed by atoms with van der Waals surface area (Å²) in [5.41, 5.74) is 1.79. The Labute approximate surface area is 133 Å². The fourth-order valence-corrected chi connectivity index (χ4v) is 2.40. The number of carbonyl (C=O) groups is 1. The number of benzene rings is 1. The summed E-state index contributed by atoms with van der Waals surface area (Å²) < 4.78 is 7.63. The van der Waals surface area contributed by atoms with E-state index in [4.69, 9.17) is 16.6 Å². The van der Waals surface area contributed by atoms with Crippen LogP contribution in [0.4, 0.5) is 0 Å². The molecule has 0 N–H and O–H groups in total. The van der Waals surface area contributed by atoms with Crippen LogP contribution in [-0.4, -0.2) is 10.4 Å². The average molecular weight is 307 g/mol. The van der Waals surface area contributed by atoms with Gasteiger partial charge in [0.05, 0.1) is 6.26 Å². The van der Waals surface area contributed by atoms with Crippen molar-refractivity contribution in [2.75, 3.05) is 0 Å². The van der Waals surface area contributed by atoms with E-state index in [-0.39, 0.29) is 5.78 Å². The van der Waals surface area contributed by atoms with Crippen LogP contribution in [0.5, 0.6) is 0 Å². The predicted molar refractivity (Wildman–Crippen MR) is 88.7 cm³/mol. The van der Waals surface area contributed by atoms with Crippen molar-refractivity contribution in [3.05, 3.63) is 89.1 Å². The Morgan fingerprint density at radius 1 is 1.05 bits per heavy atom. The van der Waals surface area contributed by atoms with E-state index in [1.165, 1.54) is 12.3 Å². The molecule has 1 aromatic carbocycles. The van der Waals surface area contributed by atoms with Gasteiger partial charge in [-0.2, -0.15) is 0 Å². The molecule has 0 unspecified atom stereocenters. The molecule has 0 aliphatic rings. The smallest absolute Gasteiger partial charge is 0.221 e. The van der Waals surface area contributed by atoms with Gasteiger partial charge < -0.3 is 8.98 Å². The number of hydrogen-bond donors (Lipinski definition) is 0. The van der Waals surface area contributed by atoms with Crippen LogP contribution in [0.15, 0.2) is 77.6 Å². The molecule has 0 amide bonds. The van der Waals surface area contributed by atoms with E-state index in [1.54, 1.807) is 18.2 Å². The average Bonchev–Trinajstić information content (AvgIpc) is 3.09. The number of rotatable bonds is 4. The van der Waals surface area contributed by atoms with Crippen LogP contribution in [0.3, 0.4) is 0 Å². The minimum atomic E-state index is -0.186. The highest BCUT2D eigenvalue weighted by Gasteiger charge is 2.04. The van der Waals surface area contributed by atoms with Crippen molar-refractivity contribution in [3.63, 3.8) is 0 Å². The zero-order valence-electron chi connectivity index (χ0n) is 11.7. The van der Waals surface area contributed by atoms with Crippen molar-refractivity contribution < 1.29 is 9.21 Å². The Morgan fingerprint density at radius 2 is 1.86 bits per heavy atom. The molecule has 4 heteroatoms. The second kappa shape index (κ2) is 6.37. The zero-order valence-corrected chi connectivity index (χ0v) is 12.5. The van der Waals surface area contributed by atoms with E-state index in [0.717, 1.165) is 11.3 Å². The normalized spacial score (nSPS) is 10.9. The first kappa shape index (κ1) is 14.2. The number of para-hydroxylation sites is 1. The van der Waals surface area contributed by atoms with Gasteiger partial charge in [0.2, 0.25) is 5.78 Å². The van der Waals surface area contributed by atoms with Crippen LogP contribution in [0, 0.1) is 4.64 Å². The predicted octanol–water partition coefficient (Wildman–Crippen LogP) is 4.70. The lowest BCUT2D eigenvalue weighted by Gasteiger charge is -2.08. The molecular formula is C18H13NO2S. The molecule has 0 spiro atoms. The first-order valence-corrected chi connectivity index (χ1v) is 7.19. The molecule has 0 fully saturated rings. The monoisotopic (exact) mass is 307 g/mol. The molecular weight excluding hydrogens is 294 g/mol. The lowest BCUT2D eigenvalue weighted by atomic mass is 10.2. The number of allylic oxidation sites excluding steroid dienone is 1. The lowest BCUT2D eigenvalue weighted by Crippen LogP contribution is -1.98. The van der Waals surface area contributed by atoms with Gasteiger partial charge in [0.25, 0.3) is 0 Å². The molecule has 0 radical (unpaired) electrons. The fourth-order valence-electron chi connectivity index (χ4n) is 2.10. The van der Waals surface area contributed by atoms with Crippen LogP contribution < -0.4 is 0 Å². The lowest BCUT2D eigenvalue weighted by molar-refractivity contribution is 0.102. The highest BCUT2D eigenvalue weighted by atomic mass is 32.1. The molecule has 0 saturated carbocycles. The topological polar surface area (TPSA) is 35.1 Å². The molecule has 3 rings (SSSR count). The van der Waals surface area contributed by atoms with E-state index in [9.17, 15) is 4.79 Å². The number of nitrogens with zero attached hydrogens (tertiary/aromatic N) is 1. The van der Waals surface area contributed by atoms with Gasteiger partial charge in [-0.05, 0) is 42.5 Å². The van der Waals surface area contributed by atoms with Crippen LogP contribution in [0.25, 0.3) is 11.8 Å². The second-order valence-corrected chi connectivity index (χ2v) is 5.04. The standard InChI is InChI=1S/C18H13NO2S/c20-16(17-9-5-13-21-17)11-10-14-6-4-12-19(18(14)22)15-7-2-1-3-8-15/h1-13H. The minimum Gasteiger partial charge on any atom is -0.461 e. The molecule has 3 nitrogen and oxygen atoms in total. The zero-order chi connectivity index (χ0) is 15.4. The Bertz CT molecular complexity index is 862. The molecule has 0 aliphatic heterocycles. The number of pyridine rings is 1. The summed E-state index contributed by atoms with van der Waals surface area (Å²) in [6.45, 7) is 0. The Hall–Kier alpha value is -2.72. The third-order valence-corrected chi connectivity index (χ3v) is 3.62. The van der Waals surface area contributed by atoms with Gasteiger partial charge in [-0.15, -0.1) is 0 Å². The highest BCUT2D eigenvalue weighted by Crippen LogP contribution is 2.13. The van der Waals surface area contributed by atoms with E-state index in [1.807, 2.05) is 53.2 Å². The number of ketones is 1. The number of hydrogen-bond acceptors (Lipinski definition) is 3. The molecule has 108 valence electrons. The minimum absolute atomic E-state index is 0.186. The SMILES string of the molecule is O=C(C=Cc1cccn(-c2ccccc2)c1=S)c1ccco1. The van der Waals surface area contributed by atoms with Crippen LogP contribution >= 0.6 is 12.2 Å². The van der Waals surface area contributed by atoms with E-state index < -0.39 is 0 Å². The summed E-state index contributed by atoms with van der Waals surface area (Å²) >= 11 is 5.50. The van der Waals surface area contributed by atoms with E-state index in [2.05, 4.69) is 0 Å². The van der Waals surface area contributed by atoms with Gasteiger partial charge in [-0.3, -0.25) is 4.79 Å². The number of aromatic nitrogens is 1. The second-order valence-electron chi connectivity index (χ2n) is 4.65. The van der Waals surface area contributed by atoms with Crippen molar-refractivity contribution in [3.8, 4) is 5.69 Å². The van der Waals surface area contributed by atoms with Crippen molar-refractivity contribution >= 4 is 24.1 Å². The van der Waals surface area contributed by atoms with Crippen LogP contribution in [0.2, 0.25) is 0 Å². The summed E-state index contributed by atoms with van der Waals surface area (Å²) in [5.74, 6) is 0.128. The number of carbonyl (C=O) groups excluding carboxylic acids is 1. The van der Waals surface area contributed by atoms with Crippen molar-refractivity contribution in [1.29, 1.82) is 0 Å². The first-order valence-electron chi connectivity index (χ1n) is 6.79. The van der Waals surface area contributed by atoms with Gasteiger partial charge in [0.15, 0.2) is 5.76 Å².